The van der Waals surface area contributed by atoms with Crippen LogP contribution in [0.1, 0.15) is 17.3 Å². The molecule has 22 heavy (non-hydrogen) atoms. The molecular weight excluding hydrogens is 282 g/mol. The molecule has 0 saturated carbocycles. The quantitative estimate of drug-likeness (QED) is 0.738. The van der Waals surface area contributed by atoms with Gasteiger partial charge in [0.1, 0.15) is 6.61 Å². The number of likely N-dealkylation sites (N-methyl/N-ethyl adjacent to an activating group) is 1. The van der Waals surface area contributed by atoms with Gasteiger partial charge in [-0.1, -0.05) is 6.92 Å². The van der Waals surface area contributed by atoms with Crippen LogP contribution >= 0.6 is 0 Å². The zero-order valence-electron chi connectivity index (χ0n) is 13.8. The number of pyridine rings is 1. The van der Waals surface area contributed by atoms with Crippen molar-refractivity contribution in [2.24, 2.45) is 5.92 Å². The van der Waals surface area contributed by atoms with Crippen LogP contribution in [0, 0.1) is 5.92 Å². The third kappa shape index (κ3) is 3.96. The zero-order valence-corrected chi connectivity index (χ0v) is 13.8. The van der Waals surface area contributed by atoms with Crippen molar-refractivity contribution < 1.29 is 14.3 Å². The molecule has 0 unspecified atom stereocenters. The van der Waals surface area contributed by atoms with E-state index in [2.05, 4.69) is 30.9 Å². The number of hydrogen-bond donors (Lipinski definition) is 0. The van der Waals surface area contributed by atoms with Crippen LogP contribution in [0.3, 0.4) is 0 Å². The molecule has 1 aromatic rings. The van der Waals surface area contributed by atoms with Crippen LogP contribution in [-0.4, -0.2) is 74.2 Å². The van der Waals surface area contributed by atoms with Crippen molar-refractivity contribution in [2.75, 3.05) is 47.5 Å². The van der Waals surface area contributed by atoms with Gasteiger partial charge in [-0.05, 0) is 26.1 Å². The lowest BCUT2D eigenvalue weighted by Gasteiger charge is -2.22. The molecule has 0 bridgehead atoms. The number of carbonyl (C=O) groups is 1. The van der Waals surface area contributed by atoms with E-state index in [-0.39, 0.29) is 5.91 Å². The molecule has 1 amide bonds. The Morgan fingerprint density at radius 2 is 2.14 bits per heavy atom. The Balaban J connectivity index is 1.95. The van der Waals surface area contributed by atoms with Crippen LogP contribution in [0.25, 0.3) is 0 Å². The minimum absolute atomic E-state index is 0.0344. The smallest absolute Gasteiger partial charge is 0.255 e. The van der Waals surface area contributed by atoms with Gasteiger partial charge in [-0.3, -0.25) is 4.79 Å². The zero-order chi connectivity index (χ0) is 16.1. The standard InChI is InChI=1S/C16H25N3O3/c1-12-10-19(11-14(12)18(2)3)16(20)13-5-6-15(17-9-13)22-8-7-21-4/h5-6,9,12,14H,7-8,10-11H2,1-4H3/t12-,14+/m1/s1. The molecule has 0 aliphatic carbocycles. The van der Waals surface area contributed by atoms with Gasteiger partial charge in [-0.25, -0.2) is 4.98 Å². The van der Waals surface area contributed by atoms with Crippen LogP contribution in [-0.2, 0) is 4.74 Å². The minimum atomic E-state index is 0.0344. The number of carbonyl (C=O) groups excluding carboxylic acids is 1. The molecule has 1 aliphatic heterocycles. The van der Waals surface area contributed by atoms with E-state index in [1.165, 1.54) is 0 Å². The highest BCUT2D eigenvalue weighted by Gasteiger charge is 2.33. The monoisotopic (exact) mass is 307 g/mol. The third-order valence-electron chi connectivity index (χ3n) is 4.04. The Labute approximate surface area is 132 Å². The van der Waals surface area contributed by atoms with Crippen LogP contribution in [0.2, 0.25) is 0 Å². The first-order chi connectivity index (χ1) is 10.5. The summed E-state index contributed by atoms with van der Waals surface area (Å²) >= 11 is 0. The Kier molecular flexibility index (Phi) is 5.74. The summed E-state index contributed by atoms with van der Waals surface area (Å²) in [6.07, 6.45) is 1.58. The molecular formula is C16H25N3O3. The van der Waals surface area contributed by atoms with Gasteiger partial charge in [-0.15, -0.1) is 0 Å². The minimum Gasteiger partial charge on any atom is -0.475 e. The van der Waals surface area contributed by atoms with E-state index in [4.69, 9.17) is 9.47 Å². The summed E-state index contributed by atoms with van der Waals surface area (Å²) in [5, 5.41) is 0. The number of aromatic nitrogens is 1. The van der Waals surface area contributed by atoms with Gasteiger partial charge >= 0.3 is 0 Å². The lowest BCUT2D eigenvalue weighted by atomic mass is 10.1. The topological polar surface area (TPSA) is 54.9 Å². The fourth-order valence-corrected chi connectivity index (χ4v) is 2.79. The number of ether oxygens (including phenoxy) is 2. The van der Waals surface area contributed by atoms with Gasteiger partial charge in [0.05, 0.1) is 12.2 Å². The average molecular weight is 307 g/mol. The van der Waals surface area contributed by atoms with E-state index in [0.29, 0.717) is 36.6 Å². The molecule has 2 atom stereocenters. The number of methoxy groups -OCH3 is 1. The molecule has 1 aromatic heterocycles. The van der Waals surface area contributed by atoms with Crippen LogP contribution in [0.4, 0.5) is 0 Å². The first-order valence-electron chi connectivity index (χ1n) is 7.56. The molecule has 6 heteroatoms. The van der Waals surface area contributed by atoms with Crippen LogP contribution in [0.15, 0.2) is 18.3 Å². The highest BCUT2D eigenvalue weighted by Crippen LogP contribution is 2.22. The SMILES string of the molecule is COCCOc1ccc(C(=O)N2C[C@@H](C)[C@@H](N(C)C)C2)cn1. The van der Waals surface area contributed by atoms with E-state index in [1.54, 1.807) is 25.4 Å². The van der Waals surface area contributed by atoms with Crippen molar-refractivity contribution in [3.05, 3.63) is 23.9 Å². The normalized spacial score (nSPS) is 21.4. The van der Waals surface area contributed by atoms with Gasteiger partial charge < -0.3 is 19.3 Å². The van der Waals surface area contributed by atoms with Crippen molar-refractivity contribution >= 4 is 5.91 Å². The van der Waals surface area contributed by atoms with Gasteiger partial charge in [0.2, 0.25) is 5.88 Å². The average Bonchev–Trinajstić information content (AvgIpc) is 2.90. The fraction of sp³-hybridized carbons (Fsp3) is 0.625. The van der Waals surface area contributed by atoms with Crippen molar-refractivity contribution in [2.45, 2.75) is 13.0 Å². The number of likely N-dealkylation sites (tertiary alicyclic amines) is 1. The number of hydrogen-bond acceptors (Lipinski definition) is 5. The van der Waals surface area contributed by atoms with Crippen molar-refractivity contribution in [1.29, 1.82) is 0 Å². The molecule has 1 aliphatic rings. The molecule has 0 N–H and O–H groups in total. The molecule has 0 spiro atoms. The Morgan fingerprint density at radius 1 is 1.36 bits per heavy atom. The lowest BCUT2D eigenvalue weighted by Crippen LogP contribution is -2.35. The summed E-state index contributed by atoms with van der Waals surface area (Å²) in [5.74, 6) is 1.02. The Bertz CT molecular complexity index is 490. The second-order valence-corrected chi connectivity index (χ2v) is 5.94. The van der Waals surface area contributed by atoms with Gasteiger partial charge in [-0.2, -0.15) is 0 Å². The molecule has 1 fully saturated rings. The molecule has 0 radical (unpaired) electrons. The summed E-state index contributed by atoms with van der Waals surface area (Å²) in [5.41, 5.74) is 0.602. The molecule has 1 saturated heterocycles. The highest BCUT2D eigenvalue weighted by molar-refractivity contribution is 5.94. The lowest BCUT2D eigenvalue weighted by molar-refractivity contribution is 0.0781. The second kappa shape index (κ2) is 7.56. The largest absolute Gasteiger partial charge is 0.475 e. The van der Waals surface area contributed by atoms with Crippen LogP contribution in [0.5, 0.6) is 5.88 Å². The van der Waals surface area contributed by atoms with E-state index in [1.807, 2.05) is 4.90 Å². The van der Waals surface area contributed by atoms with Gasteiger partial charge in [0.15, 0.2) is 0 Å². The molecule has 0 aromatic carbocycles. The number of nitrogens with zero attached hydrogens (tertiary/aromatic N) is 3. The van der Waals surface area contributed by atoms with E-state index < -0.39 is 0 Å². The van der Waals surface area contributed by atoms with Crippen molar-refractivity contribution in [3.63, 3.8) is 0 Å². The molecule has 122 valence electrons. The maximum absolute atomic E-state index is 12.5. The van der Waals surface area contributed by atoms with E-state index in [0.717, 1.165) is 13.1 Å². The fourth-order valence-electron chi connectivity index (χ4n) is 2.79. The molecule has 2 rings (SSSR count). The van der Waals surface area contributed by atoms with Crippen molar-refractivity contribution in [1.82, 2.24) is 14.8 Å². The Hall–Kier alpha value is -1.66. The van der Waals surface area contributed by atoms with Gasteiger partial charge in [0.25, 0.3) is 5.91 Å². The Morgan fingerprint density at radius 3 is 2.68 bits per heavy atom. The summed E-state index contributed by atoms with van der Waals surface area (Å²) in [6, 6.07) is 3.91. The second-order valence-electron chi connectivity index (χ2n) is 5.94. The summed E-state index contributed by atoms with van der Waals surface area (Å²) < 4.78 is 10.3. The predicted molar refractivity (Wildman–Crippen MR) is 84.2 cm³/mol. The molecule has 2 heterocycles. The molecule has 6 nitrogen and oxygen atoms in total. The maximum atomic E-state index is 12.5. The maximum Gasteiger partial charge on any atom is 0.255 e. The van der Waals surface area contributed by atoms with E-state index in [9.17, 15) is 4.79 Å². The summed E-state index contributed by atoms with van der Waals surface area (Å²) in [6.45, 7) is 4.70. The van der Waals surface area contributed by atoms with Crippen LogP contribution < -0.4 is 4.74 Å². The number of amides is 1. The summed E-state index contributed by atoms with van der Waals surface area (Å²) in [7, 11) is 5.74. The van der Waals surface area contributed by atoms with Crippen molar-refractivity contribution in [3.8, 4) is 5.88 Å². The summed E-state index contributed by atoms with van der Waals surface area (Å²) in [4.78, 5) is 20.8. The first kappa shape index (κ1) is 16.7. The van der Waals surface area contributed by atoms with E-state index >= 15 is 0 Å². The number of rotatable bonds is 6. The third-order valence-corrected chi connectivity index (χ3v) is 4.04. The first-order valence-corrected chi connectivity index (χ1v) is 7.56. The van der Waals surface area contributed by atoms with Gasteiger partial charge in [0, 0.05) is 38.5 Å². The highest BCUT2D eigenvalue weighted by atomic mass is 16.5. The predicted octanol–water partition coefficient (Wildman–Crippen LogP) is 1.13.